The monoisotopic (exact) mass is 538 g/mol. The first-order chi connectivity index (χ1) is 16.3. The van der Waals surface area contributed by atoms with Crippen LogP contribution >= 0.6 is 27.7 Å². The van der Waals surface area contributed by atoms with E-state index in [1.165, 1.54) is 21.6 Å². The molecule has 0 bridgehead atoms. The molecule has 1 aliphatic rings. The zero-order valence-electron chi connectivity index (χ0n) is 18.8. The number of hydrogen-bond acceptors (Lipinski definition) is 6. The van der Waals surface area contributed by atoms with Gasteiger partial charge in [0.15, 0.2) is 5.16 Å². The lowest BCUT2D eigenvalue weighted by atomic mass is 10.1. The average Bonchev–Trinajstić information content (AvgIpc) is 3.10. The molecule has 0 spiro atoms. The predicted molar refractivity (Wildman–Crippen MR) is 134 cm³/mol. The lowest BCUT2D eigenvalue weighted by molar-refractivity contribution is -0.136. The summed E-state index contributed by atoms with van der Waals surface area (Å²) in [5.74, 6) is -0.912. The maximum Gasteiger partial charge on any atom is 0.257 e. The van der Waals surface area contributed by atoms with Gasteiger partial charge >= 0.3 is 0 Å². The zero-order chi connectivity index (χ0) is 24.2. The van der Waals surface area contributed by atoms with Crippen molar-refractivity contribution in [1.82, 2.24) is 14.9 Å². The summed E-state index contributed by atoms with van der Waals surface area (Å²) in [5, 5.41) is 0.510. The molecule has 1 atom stereocenters. The van der Waals surface area contributed by atoms with Crippen molar-refractivity contribution in [2.45, 2.75) is 38.0 Å². The van der Waals surface area contributed by atoms with Crippen LogP contribution in [-0.4, -0.2) is 44.4 Å². The highest BCUT2D eigenvalue weighted by Gasteiger charge is 2.44. The van der Waals surface area contributed by atoms with Crippen molar-refractivity contribution in [3.05, 3.63) is 82.1 Å². The number of imide groups is 1. The van der Waals surface area contributed by atoms with Crippen LogP contribution in [0.1, 0.15) is 23.4 Å². The number of amides is 3. The number of thioether (sulfide) groups is 1. The fourth-order valence-electron chi connectivity index (χ4n) is 3.84. The van der Waals surface area contributed by atoms with Gasteiger partial charge in [0.1, 0.15) is 6.04 Å². The molecular formula is C25H23BrN4O3S. The molecule has 1 saturated heterocycles. The molecule has 1 fully saturated rings. The number of benzene rings is 2. The van der Waals surface area contributed by atoms with Crippen LogP contribution in [0.3, 0.4) is 0 Å². The summed E-state index contributed by atoms with van der Waals surface area (Å²) in [6, 6.07) is 17.4. The molecule has 3 aromatic rings. The van der Waals surface area contributed by atoms with E-state index in [-0.39, 0.29) is 30.5 Å². The molecule has 0 radical (unpaired) electrons. The smallest absolute Gasteiger partial charge is 0.257 e. The Balaban J connectivity index is 1.57. The molecule has 4 rings (SSSR count). The van der Waals surface area contributed by atoms with Gasteiger partial charge in [-0.2, -0.15) is 0 Å². The molecule has 7 nitrogen and oxygen atoms in total. The lowest BCUT2D eigenvalue weighted by Crippen LogP contribution is -2.45. The Bertz CT molecular complexity index is 1200. The second kappa shape index (κ2) is 10.5. The van der Waals surface area contributed by atoms with Gasteiger partial charge < -0.3 is 4.90 Å². The first kappa shape index (κ1) is 24.1. The summed E-state index contributed by atoms with van der Waals surface area (Å²) in [5.41, 5.74) is 3.02. The van der Waals surface area contributed by atoms with Crippen LogP contribution in [-0.2, 0) is 20.9 Å². The molecule has 2 aromatic carbocycles. The van der Waals surface area contributed by atoms with E-state index in [2.05, 4.69) is 25.9 Å². The SMILES string of the molecule is Cc1cc(C)nc(SCC(=O)N(Cc2ccccc2)C2CC(=O)N(c3ccc(Br)cc3)C2=O)n1. The van der Waals surface area contributed by atoms with E-state index in [0.717, 1.165) is 21.4 Å². The van der Waals surface area contributed by atoms with Crippen LogP contribution < -0.4 is 4.90 Å². The van der Waals surface area contributed by atoms with Gasteiger partial charge in [-0.3, -0.25) is 14.4 Å². The van der Waals surface area contributed by atoms with Crippen molar-refractivity contribution in [2.75, 3.05) is 10.7 Å². The van der Waals surface area contributed by atoms with E-state index in [9.17, 15) is 14.4 Å². The topological polar surface area (TPSA) is 83.5 Å². The quantitative estimate of drug-likeness (QED) is 0.253. The lowest BCUT2D eigenvalue weighted by Gasteiger charge is -2.27. The molecule has 1 unspecified atom stereocenters. The molecule has 1 aliphatic heterocycles. The zero-order valence-corrected chi connectivity index (χ0v) is 21.2. The van der Waals surface area contributed by atoms with Crippen LogP contribution in [0.15, 0.2) is 70.3 Å². The van der Waals surface area contributed by atoms with Crippen molar-refractivity contribution in [2.24, 2.45) is 0 Å². The van der Waals surface area contributed by atoms with E-state index >= 15 is 0 Å². The number of aryl methyl sites for hydroxylation is 2. The largest absolute Gasteiger partial charge is 0.325 e. The van der Waals surface area contributed by atoms with Gasteiger partial charge in [0.25, 0.3) is 5.91 Å². The van der Waals surface area contributed by atoms with Crippen LogP contribution in [0.25, 0.3) is 0 Å². The summed E-state index contributed by atoms with van der Waals surface area (Å²) >= 11 is 4.59. The summed E-state index contributed by atoms with van der Waals surface area (Å²) < 4.78 is 0.846. The van der Waals surface area contributed by atoms with Crippen molar-refractivity contribution >= 4 is 51.1 Å². The second-order valence-corrected chi connectivity index (χ2v) is 9.85. The van der Waals surface area contributed by atoms with Crippen molar-refractivity contribution < 1.29 is 14.4 Å². The Morgan fingerprint density at radius 2 is 1.71 bits per heavy atom. The molecule has 0 saturated carbocycles. The molecule has 1 aromatic heterocycles. The number of hydrogen-bond donors (Lipinski definition) is 0. The fraction of sp³-hybridized carbons (Fsp3) is 0.240. The molecule has 34 heavy (non-hydrogen) atoms. The average molecular weight is 539 g/mol. The Hall–Kier alpha value is -3.04. The van der Waals surface area contributed by atoms with Gasteiger partial charge in [-0.25, -0.2) is 14.9 Å². The highest BCUT2D eigenvalue weighted by atomic mass is 79.9. The van der Waals surface area contributed by atoms with Gasteiger partial charge in [0.05, 0.1) is 17.9 Å². The van der Waals surface area contributed by atoms with Gasteiger partial charge in [0.2, 0.25) is 11.8 Å². The summed E-state index contributed by atoms with van der Waals surface area (Å²) in [7, 11) is 0. The predicted octanol–water partition coefficient (Wildman–Crippen LogP) is 4.31. The highest BCUT2D eigenvalue weighted by Crippen LogP contribution is 2.28. The normalized spacial score (nSPS) is 15.6. The third kappa shape index (κ3) is 5.53. The Morgan fingerprint density at radius 1 is 1.06 bits per heavy atom. The molecular weight excluding hydrogens is 516 g/mol. The van der Waals surface area contributed by atoms with Gasteiger partial charge in [-0.1, -0.05) is 58.0 Å². The fourth-order valence-corrected chi connectivity index (χ4v) is 4.94. The van der Waals surface area contributed by atoms with E-state index in [1.54, 1.807) is 24.3 Å². The van der Waals surface area contributed by atoms with Crippen LogP contribution in [0.2, 0.25) is 0 Å². The van der Waals surface area contributed by atoms with E-state index in [4.69, 9.17) is 0 Å². The first-order valence-electron chi connectivity index (χ1n) is 10.7. The molecule has 9 heteroatoms. The van der Waals surface area contributed by atoms with Crippen LogP contribution in [0, 0.1) is 13.8 Å². The highest BCUT2D eigenvalue weighted by molar-refractivity contribution is 9.10. The van der Waals surface area contributed by atoms with Crippen molar-refractivity contribution in [3.8, 4) is 0 Å². The van der Waals surface area contributed by atoms with Crippen LogP contribution in [0.5, 0.6) is 0 Å². The molecule has 0 aliphatic carbocycles. The standard InChI is InChI=1S/C25H23BrN4O3S/c1-16-12-17(2)28-25(27-16)34-15-23(32)29(14-18-6-4-3-5-7-18)21-13-22(31)30(24(21)33)20-10-8-19(26)9-11-20/h3-12,21H,13-15H2,1-2H3. The number of carbonyl (C=O) groups excluding carboxylic acids is 3. The summed E-state index contributed by atoms with van der Waals surface area (Å²) in [4.78, 5) is 51.0. The number of halogens is 1. The third-order valence-corrected chi connectivity index (χ3v) is 6.75. The van der Waals surface area contributed by atoms with Gasteiger partial charge in [-0.05, 0) is 49.7 Å². The number of aromatic nitrogens is 2. The second-order valence-electron chi connectivity index (χ2n) is 7.99. The number of anilines is 1. The van der Waals surface area contributed by atoms with E-state index < -0.39 is 11.9 Å². The minimum Gasteiger partial charge on any atom is -0.325 e. The van der Waals surface area contributed by atoms with E-state index in [1.807, 2.05) is 50.2 Å². The van der Waals surface area contributed by atoms with Crippen LogP contribution in [0.4, 0.5) is 5.69 Å². The van der Waals surface area contributed by atoms with E-state index in [0.29, 0.717) is 10.8 Å². The van der Waals surface area contributed by atoms with Crippen molar-refractivity contribution in [1.29, 1.82) is 0 Å². The van der Waals surface area contributed by atoms with Crippen molar-refractivity contribution in [3.63, 3.8) is 0 Å². The number of carbonyl (C=O) groups is 3. The maximum absolute atomic E-state index is 13.4. The van der Waals surface area contributed by atoms with Gasteiger partial charge in [-0.15, -0.1) is 0 Å². The number of nitrogens with zero attached hydrogens (tertiary/aromatic N) is 4. The minimum absolute atomic E-state index is 0.0574. The Kier molecular flexibility index (Phi) is 7.43. The molecule has 0 N–H and O–H groups in total. The van der Waals surface area contributed by atoms with Gasteiger partial charge in [0, 0.05) is 22.4 Å². The molecule has 174 valence electrons. The minimum atomic E-state index is -0.871. The summed E-state index contributed by atoms with van der Waals surface area (Å²) in [6.07, 6.45) is -0.0574. The number of rotatable bonds is 7. The summed E-state index contributed by atoms with van der Waals surface area (Å²) in [6.45, 7) is 3.98. The first-order valence-corrected chi connectivity index (χ1v) is 12.5. The molecule has 3 amide bonds. The molecule has 2 heterocycles. The Labute approximate surface area is 210 Å². The third-order valence-electron chi connectivity index (χ3n) is 5.39. The Morgan fingerprint density at radius 3 is 2.35 bits per heavy atom. The maximum atomic E-state index is 13.4.